The zero-order valence-electron chi connectivity index (χ0n) is 21.5. The van der Waals surface area contributed by atoms with E-state index in [9.17, 15) is 24.5 Å². The summed E-state index contributed by atoms with van der Waals surface area (Å²) in [5, 5.41) is 14.6. The number of amides is 1. The number of pyridine rings is 1. The Bertz CT molecular complexity index is 1800. The largest absolute Gasteiger partial charge is 0.358 e. The standard InChI is InChI=1S/C32H22N4O5/c37-28(21-9-6-15-33-18-21)26-27(29(38)20-8-5-10-22(17-20)36(40)41)35-16-14-19-7-1-2-11-23(19)30(35)32(26)24-12-3-4-13-25(24)34-31(32)39/h1-18,26-27,30H,(H,34,39)/t26-,27+,30+,32+/m1/s1. The van der Waals surface area contributed by atoms with Gasteiger partial charge in [0.05, 0.1) is 16.9 Å². The Morgan fingerprint density at radius 1 is 0.927 bits per heavy atom. The van der Waals surface area contributed by atoms with E-state index in [2.05, 4.69) is 10.3 Å². The predicted octanol–water partition coefficient (Wildman–Crippen LogP) is 4.97. The zero-order valence-corrected chi connectivity index (χ0v) is 21.5. The molecule has 1 amide bonds. The number of para-hydroxylation sites is 1. The number of carbonyl (C=O) groups is 3. The SMILES string of the molecule is O=C(c1cccc([N+](=O)[O-])c1)[C@@H]1[C@H](C(=O)c2cccnc2)[C@]2(C(=O)Nc3ccccc32)[C@@H]2c3ccccc3C=CN12. The van der Waals surface area contributed by atoms with E-state index in [1.54, 1.807) is 35.5 Å². The summed E-state index contributed by atoms with van der Waals surface area (Å²) in [6, 6.07) is 21.8. The number of ketones is 2. The molecule has 3 aromatic carbocycles. The molecule has 4 atom stereocenters. The molecule has 7 rings (SSSR count). The average Bonchev–Trinajstić information content (AvgIpc) is 3.49. The van der Waals surface area contributed by atoms with Gasteiger partial charge in [0, 0.05) is 47.5 Å². The fraction of sp³-hybridized carbons (Fsp3) is 0.125. The summed E-state index contributed by atoms with van der Waals surface area (Å²) in [6.07, 6.45) is 6.61. The third-order valence-electron chi connectivity index (χ3n) is 8.41. The van der Waals surface area contributed by atoms with Gasteiger partial charge in [0.15, 0.2) is 11.6 Å². The van der Waals surface area contributed by atoms with Crippen molar-refractivity contribution in [3.05, 3.63) is 141 Å². The van der Waals surface area contributed by atoms with E-state index < -0.39 is 39.9 Å². The molecule has 3 aliphatic rings. The molecule has 0 aliphatic carbocycles. The van der Waals surface area contributed by atoms with Gasteiger partial charge < -0.3 is 10.2 Å². The summed E-state index contributed by atoms with van der Waals surface area (Å²) in [4.78, 5) is 60.4. The van der Waals surface area contributed by atoms with Crippen LogP contribution in [0.5, 0.6) is 0 Å². The number of nitro benzene ring substituents is 1. The van der Waals surface area contributed by atoms with Crippen LogP contribution in [0.1, 0.15) is 43.4 Å². The summed E-state index contributed by atoms with van der Waals surface area (Å²) in [5.41, 5.74) is 1.52. The van der Waals surface area contributed by atoms with Crippen LogP contribution in [0.3, 0.4) is 0 Å². The first kappa shape index (κ1) is 24.6. The van der Waals surface area contributed by atoms with Gasteiger partial charge in [-0.3, -0.25) is 29.5 Å². The number of anilines is 1. The molecule has 1 saturated heterocycles. The molecule has 9 heteroatoms. The smallest absolute Gasteiger partial charge is 0.270 e. The van der Waals surface area contributed by atoms with E-state index in [0.29, 0.717) is 11.3 Å². The van der Waals surface area contributed by atoms with Crippen LogP contribution >= 0.6 is 0 Å². The molecule has 4 heterocycles. The fourth-order valence-electron chi connectivity index (χ4n) is 6.80. The van der Waals surface area contributed by atoms with Gasteiger partial charge >= 0.3 is 0 Å². The minimum atomic E-state index is -1.48. The Morgan fingerprint density at radius 2 is 1.71 bits per heavy atom. The number of rotatable bonds is 5. The summed E-state index contributed by atoms with van der Waals surface area (Å²) in [5.74, 6) is -2.45. The molecule has 9 nitrogen and oxygen atoms in total. The second-order valence-corrected chi connectivity index (χ2v) is 10.4. The summed E-state index contributed by atoms with van der Waals surface area (Å²) in [6.45, 7) is 0. The van der Waals surface area contributed by atoms with Crippen LogP contribution in [0.2, 0.25) is 0 Å². The van der Waals surface area contributed by atoms with Crippen LogP contribution in [0, 0.1) is 16.0 Å². The first-order chi connectivity index (χ1) is 19.9. The number of hydrogen-bond donors (Lipinski definition) is 1. The van der Waals surface area contributed by atoms with E-state index in [1.807, 2.05) is 48.5 Å². The number of Topliss-reactive ketones (excluding diaryl/α,β-unsaturated/α-hetero) is 2. The Labute approximate surface area is 234 Å². The minimum Gasteiger partial charge on any atom is -0.358 e. The molecule has 1 aromatic heterocycles. The maximum Gasteiger partial charge on any atom is 0.270 e. The maximum atomic E-state index is 14.6. The highest BCUT2D eigenvalue weighted by molar-refractivity contribution is 6.16. The molecule has 41 heavy (non-hydrogen) atoms. The Balaban J connectivity index is 1.53. The van der Waals surface area contributed by atoms with Crippen LogP contribution in [0.25, 0.3) is 6.08 Å². The van der Waals surface area contributed by atoms with Crippen molar-refractivity contribution in [2.75, 3.05) is 5.32 Å². The normalized spacial score (nSPS) is 23.5. The lowest BCUT2D eigenvalue weighted by molar-refractivity contribution is -0.384. The van der Waals surface area contributed by atoms with E-state index in [1.165, 1.54) is 30.5 Å². The number of fused-ring (bicyclic) bond motifs is 6. The fourth-order valence-corrected chi connectivity index (χ4v) is 6.80. The molecule has 0 saturated carbocycles. The highest BCUT2D eigenvalue weighted by Crippen LogP contribution is 2.62. The topological polar surface area (TPSA) is 123 Å². The number of nitrogens with zero attached hydrogens (tertiary/aromatic N) is 3. The van der Waals surface area contributed by atoms with Gasteiger partial charge in [0.25, 0.3) is 5.69 Å². The van der Waals surface area contributed by atoms with E-state index in [4.69, 9.17) is 0 Å². The van der Waals surface area contributed by atoms with Gasteiger partial charge in [-0.25, -0.2) is 0 Å². The molecule has 4 aromatic rings. The molecule has 1 N–H and O–H groups in total. The average molecular weight is 543 g/mol. The number of aromatic nitrogens is 1. The third kappa shape index (κ3) is 3.42. The molecule has 3 aliphatic heterocycles. The summed E-state index contributed by atoms with van der Waals surface area (Å²) >= 11 is 0. The Morgan fingerprint density at radius 3 is 2.51 bits per heavy atom. The monoisotopic (exact) mass is 542 g/mol. The van der Waals surface area contributed by atoms with Crippen LogP contribution in [-0.2, 0) is 10.2 Å². The van der Waals surface area contributed by atoms with Crippen LogP contribution < -0.4 is 5.32 Å². The molecule has 0 unspecified atom stereocenters. The number of benzene rings is 3. The zero-order chi connectivity index (χ0) is 28.3. The lowest BCUT2D eigenvalue weighted by Crippen LogP contribution is -2.49. The van der Waals surface area contributed by atoms with Gasteiger partial charge in [-0.15, -0.1) is 0 Å². The number of nitro groups is 1. The van der Waals surface area contributed by atoms with Crippen molar-refractivity contribution in [2.45, 2.75) is 17.5 Å². The first-order valence-electron chi connectivity index (χ1n) is 13.1. The van der Waals surface area contributed by atoms with Crippen LogP contribution in [-0.4, -0.2) is 38.3 Å². The van der Waals surface area contributed by atoms with Gasteiger partial charge in [-0.2, -0.15) is 0 Å². The lowest BCUT2D eigenvalue weighted by Gasteiger charge is -2.38. The number of hydrogen-bond acceptors (Lipinski definition) is 7. The molecule has 0 radical (unpaired) electrons. The Kier molecular flexibility index (Phi) is 5.43. The van der Waals surface area contributed by atoms with Crippen molar-refractivity contribution < 1.29 is 19.3 Å². The van der Waals surface area contributed by atoms with E-state index >= 15 is 0 Å². The number of carbonyl (C=O) groups excluding carboxylic acids is 3. The van der Waals surface area contributed by atoms with Crippen molar-refractivity contribution in [3.63, 3.8) is 0 Å². The van der Waals surface area contributed by atoms with Gasteiger partial charge in [0.2, 0.25) is 5.91 Å². The molecule has 1 fully saturated rings. The molecule has 200 valence electrons. The van der Waals surface area contributed by atoms with Crippen LogP contribution in [0.15, 0.2) is 104 Å². The predicted molar refractivity (Wildman–Crippen MR) is 150 cm³/mol. The van der Waals surface area contributed by atoms with Crippen LogP contribution in [0.4, 0.5) is 11.4 Å². The Hall–Kier alpha value is -5.44. The van der Waals surface area contributed by atoms with Crippen molar-refractivity contribution >= 4 is 34.9 Å². The van der Waals surface area contributed by atoms with E-state index in [-0.39, 0.29) is 22.7 Å². The van der Waals surface area contributed by atoms with Gasteiger partial charge in [0.1, 0.15) is 11.5 Å². The second kappa shape index (κ2) is 9.06. The van der Waals surface area contributed by atoms with E-state index in [0.717, 1.165) is 11.1 Å². The minimum absolute atomic E-state index is 0.0861. The molecule has 1 spiro atoms. The van der Waals surface area contributed by atoms with Crippen molar-refractivity contribution in [2.24, 2.45) is 5.92 Å². The number of non-ortho nitro benzene ring substituents is 1. The van der Waals surface area contributed by atoms with Crippen molar-refractivity contribution in [1.82, 2.24) is 9.88 Å². The first-order valence-corrected chi connectivity index (χ1v) is 13.1. The van der Waals surface area contributed by atoms with Gasteiger partial charge in [-0.1, -0.05) is 54.6 Å². The molecular weight excluding hydrogens is 520 g/mol. The number of nitrogens with one attached hydrogen (secondary N) is 1. The highest BCUT2D eigenvalue weighted by atomic mass is 16.6. The lowest BCUT2D eigenvalue weighted by atomic mass is 9.62. The second-order valence-electron chi connectivity index (χ2n) is 10.4. The highest BCUT2D eigenvalue weighted by Gasteiger charge is 2.70. The molecule has 0 bridgehead atoms. The molecular formula is C32H22N4O5. The summed E-state index contributed by atoms with van der Waals surface area (Å²) < 4.78 is 0. The van der Waals surface area contributed by atoms with Crippen molar-refractivity contribution in [3.8, 4) is 0 Å². The third-order valence-corrected chi connectivity index (χ3v) is 8.41. The summed E-state index contributed by atoms with van der Waals surface area (Å²) in [7, 11) is 0. The van der Waals surface area contributed by atoms with Gasteiger partial charge in [-0.05, 0) is 41.0 Å². The van der Waals surface area contributed by atoms with Crippen molar-refractivity contribution in [1.29, 1.82) is 0 Å². The quantitative estimate of drug-likeness (QED) is 0.215. The maximum absolute atomic E-state index is 14.6.